The number of halogens is 1. The molecule has 2 heterocycles. The van der Waals surface area contributed by atoms with E-state index >= 15 is 0 Å². The Morgan fingerprint density at radius 1 is 1.11 bits per heavy atom. The van der Waals surface area contributed by atoms with Crippen molar-refractivity contribution in [2.75, 3.05) is 10.7 Å². The summed E-state index contributed by atoms with van der Waals surface area (Å²) in [6, 6.07) is 8.10. The third-order valence-electron chi connectivity index (χ3n) is 3.33. The molecule has 3 aromatic rings. The molecule has 0 saturated carbocycles. The summed E-state index contributed by atoms with van der Waals surface area (Å²) in [6.45, 7) is 0. The second-order valence-electron chi connectivity index (χ2n) is 5.13. The third-order valence-corrected chi connectivity index (χ3v) is 3.33. The number of hydrogen-bond acceptors (Lipinski definition) is 8. The Morgan fingerprint density at radius 2 is 1.85 bits per heavy atom. The van der Waals surface area contributed by atoms with E-state index in [1.807, 2.05) is 0 Å². The van der Waals surface area contributed by atoms with Crippen LogP contribution in [0.3, 0.4) is 0 Å². The maximum absolute atomic E-state index is 12.9. The molecule has 3 rings (SSSR count). The molecule has 0 saturated heterocycles. The number of rotatable bonds is 6. The molecule has 136 valence electrons. The molecule has 1 amide bonds. The lowest BCUT2D eigenvalue weighted by Gasteiger charge is -2.10. The Bertz CT molecular complexity index is 968. The molecule has 0 bridgehead atoms. The minimum Gasteiger partial charge on any atom is -0.333 e. The molecular weight excluding hydrogens is 357 g/mol. The van der Waals surface area contributed by atoms with Gasteiger partial charge in [-0.15, -0.1) is 0 Å². The quantitative estimate of drug-likeness (QED) is 0.445. The van der Waals surface area contributed by atoms with Crippen LogP contribution in [-0.2, 0) is 0 Å². The predicted molar refractivity (Wildman–Crippen MR) is 93.7 cm³/mol. The Hall–Kier alpha value is -4.15. The van der Waals surface area contributed by atoms with Gasteiger partial charge in [-0.3, -0.25) is 30.7 Å². The lowest BCUT2D eigenvalue weighted by Crippen LogP contribution is -2.30. The number of hydrazine groups is 1. The number of amides is 1. The van der Waals surface area contributed by atoms with Gasteiger partial charge in [-0.2, -0.15) is 0 Å². The zero-order chi connectivity index (χ0) is 19.2. The van der Waals surface area contributed by atoms with Crippen molar-refractivity contribution in [3.05, 3.63) is 76.6 Å². The maximum Gasteiger partial charge on any atom is 0.355 e. The van der Waals surface area contributed by atoms with Gasteiger partial charge in [-0.1, -0.05) is 0 Å². The SMILES string of the molecule is O=C(NNc1ncnc(Nc2cccnc2)c1[N+](=O)[O-])c1ccc(F)cc1. The monoisotopic (exact) mass is 369 g/mol. The van der Waals surface area contributed by atoms with Crippen LogP contribution in [0.4, 0.5) is 27.4 Å². The minimum atomic E-state index is -0.689. The van der Waals surface area contributed by atoms with E-state index in [4.69, 9.17) is 0 Å². The van der Waals surface area contributed by atoms with E-state index < -0.39 is 22.3 Å². The number of nitrogens with one attached hydrogen (secondary N) is 3. The highest BCUT2D eigenvalue weighted by atomic mass is 19.1. The summed E-state index contributed by atoms with van der Waals surface area (Å²) in [4.78, 5) is 34.4. The highest BCUT2D eigenvalue weighted by Crippen LogP contribution is 2.30. The number of aromatic nitrogens is 3. The van der Waals surface area contributed by atoms with Crippen LogP contribution in [0.5, 0.6) is 0 Å². The molecule has 27 heavy (non-hydrogen) atoms. The highest BCUT2D eigenvalue weighted by molar-refractivity contribution is 5.95. The van der Waals surface area contributed by atoms with Crippen LogP contribution in [0.15, 0.2) is 55.1 Å². The average molecular weight is 369 g/mol. The van der Waals surface area contributed by atoms with Gasteiger partial charge < -0.3 is 5.32 Å². The van der Waals surface area contributed by atoms with Gasteiger partial charge in [0.15, 0.2) is 0 Å². The van der Waals surface area contributed by atoms with Gasteiger partial charge >= 0.3 is 5.69 Å². The maximum atomic E-state index is 12.9. The summed E-state index contributed by atoms with van der Waals surface area (Å²) in [5.41, 5.74) is 4.84. The van der Waals surface area contributed by atoms with Gasteiger partial charge in [0.05, 0.1) is 16.8 Å². The first kappa shape index (κ1) is 17.7. The number of carbonyl (C=O) groups excluding carboxylic acids is 1. The van der Waals surface area contributed by atoms with Gasteiger partial charge in [0.25, 0.3) is 5.91 Å². The van der Waals surface area contributed by atoms with Gasteiger partial charge in [0.1, 0.15) is 12.1 Å². The van der Waals surface area contributed by atoms with Crippen molar-refractivity contribution in [1.29, 1.82) is 0 Å². The Balaban J connectivity index is 1.80. The molecule has 1 aromatic carbocycles. The number of nitrogens with zero attached hydrogens (tertiary/aromatic N) is 4. The fraction of sp³-hybridized carbons (Fsp3) is 0. The molecule has 0 atom stereocenters. The third kappa shape index (κ3) is 4.28. The summed E-state index contributed by atoms with van der Waals surface area (Å²) in [5.74, 6) is -1.42. The van der Waals surface area contributed by atoms with Crippen molar-refractivity contribution in [3.8, 4) is 0 Å². The zero-order valence-electron chi connectivity index (χ0n) is 13.6. The fourth-order valence-corrected chi connectivity index (χ4v) is 2.10. The van der Waals surface area contributed by atoms with Gasteiger partial charge in [-0.05, 0) is 36.4 Å². The molecule has 0 spiro atoms. The highest BCUT2D eigenvalue weighted by Gasteiger charge is 2.23. The summed E-state index contributed by atoms with van der Waals surface area (Å²) in [5, 5.41) is 14.2. The van der Waals surface area contributed by atoms with Crippen LogP contribution < -0.4 is 16.2 Å². The van der Waals surface area contributed by atoms with Gasteiger partial charge in [0, 0.05) is 11.8 Å². The van der Waals surface area contributed by atoms with Crippen molar-refractivity contribution in [1.82, 2.24) is 20.4 Å². The number of nitro groups is 1. The summed E-state index contributed by atoms with van der Waals surface area (Å²) < 4.78 is 12.9. The van der Waals surface area contributed by atoms with E-state index in [1.54, 1.807) is 18.3 Å². The van der Waals surface area contributed by atoms with Crippen LogP contribution in [-0.4, -0.2) is 25.8 Å². The van der Waals surface area contributed by atoms with Crippen LogP contribution in [0.25, 0.3) is 0 Å². The zero-order valence-corrected chi connectivity index (χ0v) is 13.6. The normalized spacial score (nSPS) is 10.1. The minimum absolute atomic E-state index is 0.0819. The molecule has 0 fully saturated rings. The molecule has 0 unspecified atom stereocenters. The van der Waals surface area contributed by atoms with Crippen LogP contribution in [0.1, 0.15) is 10.4 Å². The molecule has 10 nitrogen and oxygen atoms in total. The van der Waals surface area contributed by atoms with E-state index in [2.05, 4.69) is 31.1 Å². The van der Waals surface area contributed by atoms with E-state index in [-0.39, 0.29) is 17.2 Å². The molecule has 0 aliphatic rings. The Kier molecular flexibility index (Phi) is 5.12. The molecule has 0 radical (unpaired) electrons. The van der Waals surface area contributed by atoms with Crippen molar-refractivity contribution in [3.63, 3.8) is 0 Å². The second kappa shape index (κ2) is 7.82. The van der Waals surface area contributed by atoms with Crippen molar-refractivity contribution in [2.24, 2.45) is 0 Å². The summed E-state index contributed by atoms with van der Waals surface area (Å²) >= 11 is 0. The predicted octanol–water partition coefficient (Wildman–Crippen LogP) is 2.42. The van der Waals surface area contributed by atoms with Crippen LogP contribution in [0, 0.1) is 15.9 Å². The molecule has 0 aliphatic heterocycles. The first-order valence-electron chi connectivity index (χ1n) is 7.53. The van der Waals surface area contributed by atoms with Crippen molar-refractivity contribution < 1.29 is 14.1 Å². The summed E-state index contributed by atoms with van der Waals surface area (Å²) in [7, 11) is 0. The van der Waals surface area contributed by atoms with Crippen molar-refractivity contribution in [2.45, 2.75) is 0 Å². The number of hydrogen-bond donors (Lipinski definition) is 3. The lowest BCUT2D eigenvalue weighted by atomic mass is 10.2. The molecule has 2 aromatic heterocycles. The van der Waals surface area contributed by atoms with E-state index in [0.29, 0.717) is 5.69 Å². The topological polar surface area (TPSA) is 135 Å². The van der Waals surface area contributed by atoms with Crippen LogP contribution >= 0.6 is 0 Å². The lowest BCUT2D eigenvalue weighted by molar-refractivity contribution is -0.383. The second-order valence-corrected chi connectivity index (χ2v) is 5.13. The molecule has 3 N–H and O–H groups in total. The smallest absolute Gasteiger partial charge is 0.333 e. The van der Waals surface area contributed by atoms with E-state index in [9.17, 15) is 19.3 Å². The first-order chi connectivity index (χ1) is 13.0. The average Bonchev–Trinajstić information content (AvgIpc) is 2.67. The van der Waals surface area contributed by atoms with Crippen LogP contribution in [0.2, 0.25) is 0 Å². The standard InChI is InChI=1S/C16H12FN7O3/c17-11-5-3-10(4-6-11)16(25)23-22-15-13(24(26)27)14(19-9-20-15)21-12-2-1-7-18-8-12/h1-9H,(H,23,25)(H2,19,20,21,22). The van der Waals surface area contributed by atoms with E-state index in [1.165, 1.54) is 18.3 Å². The Morgan fingerprint density at radius 3 is 2.52 bits per heavy atom. The largest absolute Gasteiger partial charge is 0.355 e. The summed E-state index contributed by atoms with van der Waals surface area (Å²) in [6.07, 6.45) is 4.12. The van der Waals surface area contributed by atoms with Gasteiger partial charge in [0.2, 0.25) is 11.6 Å². The van der Waals surface area contributed by atoms with Gasteiger partial charge in [-0.25, -0.2) is 14.4 Å². The number of pyridine rings is 1. The Labute approximate surface area is 151 Å². The number of carbonyl (C=O) groups is 1. The fourth-order valence-electron chi connectivity index (χ4n) is 2.10. The van der Waals surface area contributed by atoms with Crippen molar-refractivity contribution >= 4 is 28.9 Å². The molecular formula is C16H12FN7O3. The van der Waals surface area contributed by atoms with E-state index in [0.717, 1.165) is 18.5 Å². The first-order valence-corrected chi connectivity index (χ1v) is 7.53. The molecule has 0 aliphatic carbocycles. The molecule has 11 heteroatoms. The number of benzene rings is 1. The number of anilines is 3.